The van der Waals surface area contributed by atoms with Gasteiger partial charge in [-0.25, -0.2) is 9.18 Å². The number of carbonyl (C=O) groups is 1. The van der Waals surface area contributed by atoms with Crippen molar-refractivity contribution in [2.75, 3.05) is 14.1 Å². The van der Waals surface area contributed by atoms with Gasteiger partial charge in [0.25, 0.3) is 0 Å². The van der Waals surface area contributed by atoms with Crippen LogP contribution in [0.15, 0.2) is 22.6 Å². The van der Waals surface area contributed by atoms with Gasteiger partial charge < -0.3 is 14.4 Å². The van der Waals surface area contributed by atoms with Crippen LogP contribution in [0.2, 0.25) is 0 Å². The molecule has 90 valence electrons. The molecule has 0 aliphatic rings. The van der Waals surface area contributed by atoms with Crippen molar-refractivity contribution in [1.82, 2.24) is 4.90 Å². The predicted octanol–water partition coefficient (Wildman–Crippen LogP) is 2.33. The number of hydrogen-bond acceptors (Lipinski definition) is 3. The number of carboxylic acid groups (broad SMARTS) is 1. The predicted molar refractivity (Wildman–Crippen MR) is 60.5 cm³/mol. The Morgan fingerprint density at radius 2 is 2.12 bits per heavy atom. The molecule has 5 heteroatoms. The summed E-state index contributed by atoms with van der Waals surface area (Å²) < 4.78 is 18.6. The van der Waals surface area contributed by atoms with E-state index in [-0.39, 0.29) is 11.3 Å². The van der Waals surface area contributed by atoms with Gasteiger partial charge in [0.1, 0.15) is 0 Å². The summed E-state index contributed by atoms with van der Waals surface area (Å²) in [6.07, 6.45) is 0. The van der Waals surface area contributed by atoms with E-state index in [1.54, 1.807) is 6.07 Å². The number of fused-ring (bicyclic) bond motifs is 1. The quantitative estimate of drug-likeness (QED) is 0.890. The molecule has 4 nitrogen and oxygen atoms in total. The Hall–Kier alpha value is -1.88. The molecule has 0 fully saturated rings. The van der Waals surface area contributed by atoms with E-state index >= 15 is 0 Å². The van der Waals surface area contributed by atoms with Crippen molar-refractivity contribution in [1.29, 1.82) is 0 Å². The fourth-order valence-corrected chi connectivity index (χ4v) is 1.73. The average Bonchev–Trinajstić information content (AvgIpc) is 2.60. The van der Waals surface area contributed by atoms with Crippen LogP contribution in [0, 0.1) is 5.82 Å². The normalized spacial score (nSPS) is 11.3. The summed E-state index contributed by atoms with van der Waals surface area (Å²) in [6.45, 7) is 0.584. The number of rotatable bonds is 3. The molecular weight excluding hydrogens is 225 g/mol. The first-order valence-electron chi connectivity index (χ1n) is 5.07. The van der Waals surface area contributed by atoms with E-state index in [2.05, 4.69) is 0 Å². The van der Waals surface area contributed by atoms with Gasteiger partial charge in [0.2, 0.25) is 5.76 Å². The summed E-state index contributed by atoms with van der Waals surface area (Å²) in [5.41, 5.74) is 0.766. The Morgan fingerprint density at radius 3 is 2.71 bits per heavy atom. The van der Waals surface area contributed by atoms with Gasteiger partial charge >= 0.3 is 5.97 Å². The number of nitrogens with zero attached hydrogens (tertiary/aromatic N) is 1. The minimum Gasteiger partial charge on any atom is -0.475 e. The lowest BCUT2D eigenvalue weighted by atomic mass is 10.1. The van der Waals surface area contributed by atoms with E-state index in [1.807, 2.05) is 19.0 Å². The average molecular weight is 237 g/mol. The summed E-state index contributed by atoms with van der Waals surface area (Å²) >= 11 is 0. The van der Waals surface area contributed by atoms with Gasteiger partial charge in [-0.1, -0.05) is 0 Å². The van der Waals surface area contributed by atoms with Crippen LogP contribution in [-0.4, -0.2) is 30.1 Å². The Kier molecular flexibility index (Phi) is 2.85. The maximum Gasteiger partial charge on any atom is 0.371 e. The highest BCUT2D eigenvalue weighted by atomic mass is 19.1. The number of halogens is 1. The second kappa shape index (κ2) is 4.18. The molecule has 1 heterocycles. The molecule has 1 aromatic carbocycles. The van der Waals surface area contributed by atoms with Gasteiger partial charge in [0.05, 0.1) is 0 Å². The van der Waals surface area contributed by atoms with Crippen molar-refractivity contribution < 1.29 is 18.7 Å². The SMILES string of the molecule is CN(C)Cc1cc(F)c2oc(C(=O)O)cc2c1. The van der Waals surface area contributed by atoms with Crippen molar-refractivity contribution in [2.24, 2.45) is 0 Å². The van der Waals surface area contributed by atoms with E-state index in [1.165, 1.54) is 12.1 Å². The van der Waals surface area contributed by atoms with Crippen molar-refractivity contribution in [2.45, 2.75) is 6.54 Å². The Bertz CT molecular complexity index is 574. The maximum absolute atomic E-state index is 13.7. The van der Waals surface area contributed by atoms with E-state index in [4.69, 9.17) is 9.52 Å². The first-order valence-corrected chi connectivity index (χ1v) is 5.07. The monoisotopic (exact) mass is 237 g/mol. The number of aromatic carboxylic acids is 1. The van der Waals surface area contributed by atoms with Crippen LogP contribution in [0.25, 0.3) is 11.0 Å². The highest BCUT2D eigenvalue weighted by Gasteiger charge is 2.14. The van der Waals surface area contributed by atoms with Crippen LogP contribution in [0.5, 0.6) is 0 Å². The highest BCUT2D eigenvalue weighted by molar-refractivity contribution is 5.91. The largest absolute Gasteiger partial charge is 0.475 e. The smallest absolute Gasteiger partial charge is 0.371 e. The zero-order valence-corrected chi connectivity index (χ0v) is 9.53. The molecule has 1 N–H and O–H groups in total. The van der Waals surface area contributed by atoms with Crippen LogP contribution < -0.4 is 0 Å². The summed E-state index contributed by atoms with van der Waals surface area (Å²) in [5.74, 6) is -1.98. The summed E-state index contributed by atoms with van der Waals surface area (Å²) in [5, 5.41) is 9.24. The third-order valence-corrected chi connectivity index (χ3v) is 2.34. The van der Waals surface area contributed by atoms with Gasteiger partial charge in [0, 0.05) is 11.9 Å². The number of benzene rings is 1. The van der Waals surface area contributed by atoms with Gasteiger partial charge in [0.15, 0.2) is 11.4 Å². The summed E-state index contributed by atoms with van der Waals surface area (Å²) in [4.78, 5) is 12.6. The fourth-order valence-electron chi connectivity index (χ4n) is 1.73. The van der Waals surface area contributed by atoms with E-state index < -0.39 is 11.8 Å². The molecule has 0 spiro atoms. The lowest BCUT2D eigenvalue weighted by Crippen LogP contribution is -2.10. The standard InChI is InChI=1S/C12H12FNO3/c1-14(2)6-7-3-8-5-10(12(15)16)17-11(8)9(13)4-7/h3-5H,6H2,1-2H3,(H,15,16). The second-order valence-electron chi connectivity index (χ2n) is 4.15. The third kappa shape index (κ3) is 2.29. The molecule has 0 bridgehead atoms. The van der Waals surface area contributed by atoms with Crippen LogP contribution in [0.4, 0.5) is 4.39 Å². The first-order chi connectivity index (χ1) is 7.97. The van der Waals surface area contributed by atoms with Gasteiger partial charge in [-0.2, -0.15) is 0 Å². The molecule has 2 aromatic rings. The van der Waals surface area contributed by atoms with E-state index in [0.717, 1.165) is 5.56 Å². The molecule has 0 radical (unpaired) electrons. The zero-order chi connectivity index (χ0) is 12.6. The van der Waals surface area contributed by atoms with Crippen LogP contribution >= 0.6 is 0 Å². The van der Waals surface area contributed by atoms with Gasteiger partial charge in [-0.15, -0.1) is 0 Å². The third-order valence-electron chi connectivity index (χ3n) is 2.34. The van der Waals surface area contributed by atoms with E-state index in [9.17, 15) is 9.18 Å². The lowest BCUT2D eigenvalue weighted by molar-refractivity contribution is 0.0665. The number of furan rings is 1. The Morgan fingerprint density at radius 1 is 1.41 bits per heavy atom. The minimum atomic E-state index is -1.20. The van der Waals surface area contributed by atoms with Crippen LogP contribution in [-0.2, 0) is 6.54 Å². The summed E-state index contributed by atoms with van der Waals surface area (Å²) in [7, 11) is 3.75. The molecule has 0 aliphatic carbocycles. The van der Waals surface area contributed by atoms with Crippen molar-refractivity contribution in [3.63, 3.8) is 0 Å². The van der Waals surface area contributed by atoms with Crippen molar-refractivity contribution in [3.8, 4) is 0 Å². The Labute approximate surface area is 97.2 Å². The maximum atomic E-state index is 13.7. The molecule has 0 atom stereocenters. The first kappa shape index (κ1) is 11.6. The van der Waals surface area contributed by atoms with Crippen molar-refractivity contribution in [3.05, 3.63) is 35.3 Å². The highest BCUT2D eigenvalue weighted by Crippen LogP contribution is 2.24. The van der Waals surface area contributed by atoms with Crippen LogP contribution in [0.3, 0.4) is 0 Å². The molecule has 17 heavy (non-hydrogen) atoms. The molecule has 0 amide bonds. The van der Waals surface area contributed by atoms with E-state index in [0.29, 0.717) is 11.9 Å². The zero-order valence-electron chi connectivity index (χ0n) is 9.53. The molecule has 0 aliphatic heterocycles. The molecular formula is C12H12FNO3. The van der Waals surface area contributed by atoms with Gasteiger partial charge in [-0.05, 0) is 37.9 Å². The summed E-state index contributed by atoms with van der Waals surface area (Å²) in [6, 6.07) is 4.42. The molecule has 0 saturated carbocycles. The van der Waals surface area contributed by atoms with Crippen LogP contribution in [0.1, 0.15) is 16.1 Å². The Balaban J connectivity index is 2.53. The second-order valence-corrected chi connectivity index (χ2v) is 4.15. The minimum absolute atomic E-state index is 0.00935. The number of carboxylic acids is 1. The fraction of sp³-hybridized carbons (Fsp3) is 0.250. The lowest BCUT2D eigenvalue weighted by Gasteiger charge is -2.09. The molecule has 2 rings (SSSR count). The molecule has 0 unspecified atom stereocenters. The van der Waals surface area contributed by atoms with Crippen molar-refractivity contribution >= 4 is 16.9 Å². The molecule has 0 saturated heterocycles. The van der Waals surface area contributed by atoms with Gasteiger partial charge in [-0.3, -0.25) is 0 Å². The molecule has 1 aromatic heterocycles. The number of hydrogen-bond donors (Lipinski definition) is 1. The topological polar surface area (TPSA) is 53.7 Å².